The molecule has 0 radical (unpaired) electrons. The second kappa shape index (κ2) is 8.70. The summed E-state index contributed by atoms with van der Waals surface area (Å²) in [5, 5.41) is 9.23. The van der Waals surface area contributed by atoms with E-state index in [2.05, 4.69) is 10.6 Å². The number of methoxy groups -OCH3 is 2. The lowest BCUT2D eigenvalue weighted by Crippen LogP contribution is -2.27. The first kappa shape index (κ1) is 18.9. The number of nitrogens with one attached hydrogen (secondary N) is 2. The van der Waals surface area contributed by atoms with Crippen LogP contribution in [0, 0.1) is 0 Å². The van der Waals surface area contributed by atoms with E-state index in [4.69, 9.17) is 9.47 Å². The van der Waals surface area contributed by atoms with Crippen molar-refractivity contribution >= 4 is 40.2 Å². The third-order valence-corrected chi connectivity index (χ3v) is 5.47. The molecule has 3 aromatic rings. The number of carbonyl (C=O) groups excluding carboxylic acids is 2. The molecule has 2 heterocycles. The van der Waals surface area contributed by atoms with Crippen LogP contribution in [-0.4, -0.2) is 26.0 Å². The number of ether oxygens (including phenoxy) is 2. The fourth-order valence-electron chi connectivity index (χ4n) is 2.35. The van der Waals surface area contributed by atoms with E-state index < -0.39 is 0 Å². The predicted molar refractivity (Wildman–Crippen MR) is 107 cm³/mol. The molecule has 2 aromatic heterocycles. The van der Waals surface area contributed by atoms with E-state index >= 15 is 0 Å². The fraction of sp³-hybridized carbons (Fsp3) is 0.158. The predicted octanol–water partition coefficient (Wildman–Crippen LogP) is 4.38. The van der Waals surface area contributed by atoms with E-state index in [1.165, 1.54) is 22.7 Å². The van der Waals surface area contributed by atoms with Crippen molar-refractivity contribution in [1.82, 2.24) is 5.32 Å². The molecule has 27 heavy (non-hydrogen) atoms. The lowest BCUT2D eigenvalue weighted by Gasteiger charge is -2.10. The van der Waals surface area contributed by atoms with Gasteiger partial charge in [0, 0.05) is 39.7 Å². The lowest BCUT2D eigenvalue weighted by molar-refractivity contribution is 0.104. The molecule has 0 aliphatic carbocycles. The average Bonchev–Trinajstić information content (AvgIpc) is 3.37. The van der Waals surface area contributed by atoms with Gasteiger partial charge in [0.05, 0.1) is 25.6 Å². The summed E-state index contributed by atoms with van der Waals surface area (Å²) < 4.78 is 10.4. The van der Waals surface area contributed by atoms with Crippen molar-refractivity contribution in [2.45, 2.75) is 6.54 Å². The Morgan fingerprint density at radius 1 is 1.04 bits per heavy atom. The lowest BCUT2D eigenvalue weighted by atomic mass is 10.2. The molecular weight excluding hydrogens is 384 g/mol. The molecule has 0 bridgehead atoms. The van der Waals surface area contributed by atoms with Crippen LogP contribution in [0.25, 0.3) is 0 Å². The molecular formula is C19H18N2O4S2. The van der Waals surface area contributed by atoms with Crippen LogP contribution in [0.3, 0.4) is 0 Å². The smallest absolute Gasteiger partial charge is 0.319 e. The maximum Gasteiger partial charge on any atom is 0.319 e. The average molecular weight is 402 g/mol. The largest absolute Gasteiger partial charge is 0.497 e. The molecule has 8 heteroatoms. The van der Waals surface area contributed by atoms with Crippen molar-refractivity contribution in [2.24, 2.45) is 0 Å². The van der Waals surface area contributed by atoms with Crippen LogP contribution in [0.15, 0.2) is 47.2 Å². The monoisotopic (exact) mass is 402 g/mol. The zero-order chi connectivity index (χ0) is 19.2. The standard InChI is InChI=1S/C19H18N2O4S2/c1-24-14-7-13(8-15(9-14)25-2)21-19(23)20-10-16-3-4-17(27-16)18(22)12-5-6-26-11-12/h3-9,11H,10H2,1-2H3,(H2,20,21,23). The van der Waals surface area contributed by atoms with Gasteiger partial charge in [-0.25, -0.2) is 4.79 Å². The highest BCUT2D eigenvalue weighted by Gasteiger charge is 2.13. The molecule has 3 rings (SSSR count). The van der Waals surface area contributed by atoms with Gasteiger partial charge >= 0.3 is 6.03 Å². The van der Waals surface area contributed by atoms with Gasteiger partial charge in [-0.2, -0.15) is 11.3 Å². The Labute approximate surface area is 164 Å². The number of thiophene rings is 2. The molecule has 0 atom stereocenters. The summed E-state index contributed by atoms with van der Waals surface area (Å²) in [6, 6.07) is 10.2. The van der Waals surface area contributed by atoms with Gasteiger partial charge in [-0.15, -0.1) is 11.3 Å². The first-order valence-corrected chi connectivity index (χ1v) is 9.78. The molecule has 0 aliphatic rings. The van der Waals surface area contributed by atoms with E-state index in [1.54, 1.807) is 44.6 Å². The number of carbonyl (C=O) groups is 2. The van der Waals surface area contributed by atoms with Gasteiger partial charge in [0.1, 0.15) is 11.5 Å². The zero-order valence-electron chi connectivity index (χ0n) is 14.8. The zero-order valence-corrected chi connectivity index (χ0v) is 16.4. The quantitative estimate of drug-likeness (QED) is 0.575. The molecule has 140 valence electrons. The Morgan fingerprint density at radius 2 is 1.78 bits per heavy atom. The topological polar surface area (TPSA) is 76.7 Å². The fourth-order valence-corrected chi connectivity index (χ4v) is 3.90. The molecule has 0 aliphatic heterocycles. The number of benzene rings is 1. The van der Waals surface area contributed by atoms with Gasteiger partial charge in [-0.1, -0.05) is 0 Å². The van der Waals surface area contributed by atoms with E-state index in [0.717, 1.165) is 4.88 Å². The van der Waals surface area contributed by atoms with Crippen molar-refractivity contribution in [3.05, 3.63) is 62.5 Å². The van der Waals surface area contributed by atoms with Gasteiger partial charge in [0.15, 0.2) is 0 Å². The van der Waals surface area contributed by atoms with Gasteiger partial charge < -0.3 is 20.1 Å². The summed E-state index contributed by atoms with van der Waals surface area (Å²) in [7, 11) is 3.09. The van der Waals surface area contributed by atoms with Crippen molar-refractivity contribution in [3.63, 3.8) is 0 Å². The molecule has 0 saturated carbocycles. The van der Waals surface area contributed by atoms with Crippen LogP contribution in [-0.2, 0) is 6.54 Å². The van der Waals surface area contributed by atoms with E-state index in [0.29, 0.717) is 34.2 Å². The number of hydrogen-bond donors (Lipinski definition) is 2. The summed E-state index contributed by atoms with van der Waals surface area (Å²) in [6.07, 6.45) is 0. The first-order valence-electron chi connectivity index (χ1n) is 8.02. The minimum absolute atomic E-state index is 0.000396. The number of anilines is 1. The van der Waals surface area contributed by atoms with Gasteiger partial charge in [0.25, 0.3) is 0 Å². The summed E-state index contributed by atoms with van der Waals surface area (Å²) in [5.74, 6) is 1.17. The minimum atomic E-state index is -0.357. The van der Waals surface area contributed by atoms with Gasteiger partial charge in [0.2, 0.25) is 5.78 Å². The van der Waals surface area contributed by atoms with Crippen LogP contribution in [0.5, 0.6) is 11.5 Å². The number of rotatable bonds is 7. The second-order valence-electron chi connectivity index (χ2n) is 5.52. The number of urea groups is 1. The normalized spacial score (nSPS) is 10.3. The van der Waals surface area contributed by atoms with E-state index in [-0.39, 0.29) is 11.8 Å². The highest BCUT2D eigenvalue weighted by atomic mass is 32.1. The Morgan fingerprint density at radius 3 is 2.41 bits per heavy atom. The highest BCUT2D eigenvalue weighted by Crippen LogP contribution is 2.26. The summed E-state index contributed by atoms with van der Waals surface area (Å²) >= 11 is 2.86. The third-order valence-electron chi connectivity index (χ3n) is 3.70. The Bertz CT molecular complexity index is 913. The van der Waals surface area contributed by atoms with Crippen LogP contribution >= 0.6 is 22.7 Å². The van der Waals surface area contributed by atoms with Crippen LogP contribution in [0.4, 0.5) is 10.5 Å². The SMILES string of the molecule is COc1cc(NC(=O)NCc2ccc(C(=O)c3ccsc3)s2)cc(OC)c1. The number of ketones is 1. The van der Waals surface area contributed by atoms with Crippen LogP contribution in [0.2, 0.25) is 0 Å². The summed E-state index contributed by atoms with van der Waals surface area (Å²) in [4.78, 5) is 26.0. The highest BCUT2D eigenvalue weighted by molar-refractivity contribution is 7.14. The molecule has 2 N–H and O–H groups in total. The number of hydrogen-bond acceptors (Lipinski definition) is 6. The molecule has 2 amide bonds. The Kier molecular flexibility index (Phi) is 6.10. The van der Waals surface area contributed by atoms with Crippen molar-refractivity contribution in [1.29, 1.82) is 0 Å². The molecule has 0 unspecified atom stereocenters. The van der Waals surface area contributed by atoms with Crippen molar-refractivity contribution in [2.75, 3.05) is 19.5 Å². The maximum atomic E-state index is 12.3. The third kappa shape index (κ3) is 4.87. The molecule has 0 fully saturated rings. The van der Waals surface area contributed by atoms with Gasteiger partial charge in [-0.3, -0.25) is 4.79 Å². The molecule has 1 aromatic carbocycles. The van der Waals surface area contributed by atoms with Gasteiger partial charge in [-0.05, 0) is 23.6 Å². The van der Waals surface area contributed by atoms with E-state index in [9.17, 15) is 9.59 Å². The maximum absolute atomic E-state index is 12.3. The van der Waals surface area contributed by atoms with Crippen LogP contribution in [0.1, 0.15) is 20.1 Å². The summed E-state index contributed by atoms with van der Waals surface area (Å²) in [6.45, 7) is 0.328. The van der Waals surface area contributed by atoms with Crippen molar-refractivity contribution < 1.29 is 19.1 Å². The van der Waals surface area contributed by atoms with Crippen molar-refractivity contribution in [3.8, 4) is 11.5 Å². The Hall–Kier alpha value is -2.84. The van der Waals surface area contributed by atoms with Crippen LogP contribution < -0.4 is 20.1 Å². The molecule has 0 saturated heterocycles. The second-order valence-corrected chi connectivity index (χ2v) is 7.46. The first-order chi connectivity index (χ1) is 13.1. The number of amides is 2. The summed E-state index contributed by atoms with van der Waals surface area (Å²) in [5.41, 5.74) is 1.24. The molecule has 6 nitrogen and oxygen atoms in total. The molecule has 0 spiro atoms. The van der Waals surface area contributed by atoms with E-state index in [1.807, 2.05) is 16.8 Å². The minimum Gasteiger partial charge on any atom is -0.497 e. The Balaban J connectivity index is 1.58.